The molecule has 1 atom stereocenters. The number of anilines is 2. The molecule has 1 aliphatic rings. The van der Waals surface area contributed by atoms with Crippen molar-refractivity contribution in [3.05, 3.63) is 53.3 Å². The first-order valence-electron chi connectivity index (χ1n) is 12.9. The van der Waals surface area contributed by atoms with E-state index in [0.717, 1.165) is 55.3 Å². The second-order valence-electron chi connectivity index (χ2n) is 10.2. The van der Waals surface area contributed by atoms with Crippen LogP contribution in [-0.4, -0.2) is 37.8 Å². The third-order valence-electron chi connectivity index (χ3n) is 7.26. The number of rotatable bonds is 11. The van der Waals surface area contributed by atoms with Crippen LogP contribution in [0.5, 0.6) is 0 Å². The summed E-state index contributed by atoms with van der Waals surface area (Å²) in [5.74, 6) is -1.24. The van der Waals surface area contributed by atoms with E-state index >= 15 is 0 Å². The molecule has 36 heavy (non-hydrogen) atoms. The summed E-state index contributed by atoms with van der Waals surface area (Å²) in [7, 11) is -3.65. The summed E-state index contributed by atoms with van der Waals surface area (Å²) in [5.41, 5.74) is 2.55. The van der Waals surface area contributed by atoms with Crippen LogP contribution in [-0.2, 0) is 21.2 Å². The number of unbranched alkanes of at least 4 members (excludes halogenated alkanes) is 2. The molecule has 1 heterocycles. The molecule has 0 spiro atoms. The van der Waals surface area contributed by atoms with Crippen LogP contribution in [0.3, 0.4) is 0 Å². The van der Waals surface area contributed by atoms with Gasteiger partial charge in [-0.05, 0) is 74.2 Å². The Morgan fingerprint density at radius 3 is 2.31 bits per heavy atom. The van der Waals surface area contributed by atoms with E-state index in [1.807, 2.05) is 13.0 Å². The second-order valence-corrected chi connectivity index (χ2v) is 12.2. The van der Waals surface area contributed by atoms with E-state index in [1.54, 1.807) is 25.1 Å². The molecule has 6 nitrogen and oxygen atoms in total. The molecule has 0 bridgehead atoms. The van der Waals surface area contributed by atoms with Gasteiger partial charge < -0.3 is 15.3 Å². The number of carboxylic acid groups (broad SMARTS) is 1. The van der Waals surface area contributed by atoms with Crippen LogP contribution in [0.4, 0.5) is 15.8 Å². The number of carbonyl (C=O) groups is 1. The molecule has 8 heteroatoms. The third-order valence-corrected chi connectivity index (χ3v) is 9.25. The summed E-state index contributed by atoms with van der Waals surface area (Å²) in [6.45, 7) is 8.49. The van der Waals surface area contributed by atoms with Crippen molar-refractivity contribution in [1.82, 2.24) is 5.32 Å². The maximum Gasteiger partial charge on any atom is 0.320 e. The first-order valence-corrected chi connectivity index (χ1v) is 14.5. The fourth-order valence-electron chi connectivity index (χ4n) is 5.05. The largest absolute Gasteiger partial charge is 0.480 e. The lowest BCUT2D eigenvalue weighted by molar-refractivity contribution is -0.139. The standard InChI is InChI=1S/C28H39FN2O4S/c1-5-7-13-28(14-8-6-2)18-31(24-11-9-23(29)10-12-24)25-15-20(3)22(17-30-21(4)27(32)33)16-26(25)36(34,35)19-28/h9-12,15-16,21,30H,5-8,13-14,17-19H2,1-4H3,(H,32,33)/t21-/m0/s1. The van der Waals surface area contributed by atoms with Gasteiger partial charge in [0.25, 0.3) is 0 Å². The molecule has 0 aromatic heterocycles. The average molecular weight is 519 g/mol. The van der Waals surface area contributed by atoms with E-state index in [-0.39, 0.29) is 23.0 Å². The monoisotopic (exact) mass is 518 g/mol. The van der Waals surface area contributed by atoms with Gasteiger partial charge in [-0.2, -0.15) is 0 Å². The molecule has 0 aliphatic carbocycles. The summed E-state index contributed by atoms with van der Waals surface area (Å²) in [5, 5.41) is 12.2. The van der Waals surface area contributed by atoms with Crippen LogP contribution in [0.2, 0.25) is 0 Å². The maximum absolute atomic E-state index is 14.0. The number of carboxylic acids is 1. The Hall–Kier alpha value is -2.45. The quantitative estimate of drug-likeness (QED) is 0.380. The summed E-state index contributed by atoms with van der Waals surface area (Å²) in [6.07, 6.45) is 5.44. The van der Waals surface area contributed by atoms with Gasteiger partial charge in [0.15, 0.2) is 9.84 Å². The van der Waals surface area contributed by atoms with Gasteiger partial charge in [0.2, 0.25) is 0 Å². The fourth-order valence-corrected chi connectivity index (χ4v) is 7.20. The number of nitrogens with one attached hydrogen (secondary N) is 1. The van der Waals surface area contributed by atoms with Crippen molar-refractivity contribution in [2.75, 3.05) is 17.2 Å². The van der Waals surface area contributed by atoms with Crippen molar-refractivity contribution < 1.29 is 22.7 Å². The molecular weight excluding hydrogens is 479 g/mol. The second kappa shape index (κ2) is 11.7. The number of hydrogen-bond acceptors (Lipinski definition) is 5. The van der Waals surface area contributed by atoms with Crippen molar-refractivity contribution >= 4 is 27.2 Å². The number of hydrogen-bond donors (Lipinski definition) is 2. The van der Waals surface area contributed by atoms with Crippen LogP contribution in [0.15, 0.2) is 41.3 Å². The van der Waals surface area contributed by atoms with Crippen LogP contribution < -0.4 is 10.2 Å². The Morgan fingerprint density at radius 2 is 1.75 bits per heavy atom. The van der Waals surface area contributed by atoms with Crippen molar-refractivity contribution in [1.29, 1.82) is 0 Å². The maximum atomic E-state index is 14.0. The predicted molar refractivity (Wildman–Crippen MR) is 142 cm³/mol. The van der Waals surface area contributed by atoms with Gasteiger partial charge >= 0.3 is 5.97 Å². The number of nitrogens with zero attached hydrogens (tertiary/aromatic N) is 1. The molecule has 0 fully saturated rings. The topological polar surface area (TPSA) is 86.7 Å². The Labute approximate surface area is 214 Å². The number of halogens is 1. The highest BCUT2D eigenvalue weighted by Gasteiger charge is 2.42. The summed E-state index contributed by atoms with van der Waals surface area (Å²) in [4.78, 5) is 13.6. The van der Waals surface area contributed by atoms with Gasteiger partial charge in [-0.1, -0.05) is 39.5 Å². The molecule has 1 aliphatic heterocycles. The minimum absolute atomic E-state index is 0.0617. The van der Waals surface area contributed by atoms with Crippen LogP contribution in [0.1, 0.15) is 70.4 Å². The number of aryl methyl sites for hydroxylation is 1. The van der Waals surface area contributed by atoms with Gasteiger partial charge in [0.05, 0.1) is 16.3 Å². The Bertz CT molecular complexity index is 1160. The van der Waals surface area contributed by atoms with Gasteiger partial charge in [0, 0.05) is 24.2 Å². The Kier molecular flexibility index (Phi) is 9.17. The summed E-state index contributed by atoms with van der Waals surface area (Å²) < 4.78 is 41.7. The van der Waals surface area contributed by atoms with E-state index < -0.39 is 27.3 Å². The lowest BCUT2D eigenvalue weighted by atomic mass is 9.79. The predicted octanol–water partition coefficient (Wildman–Crippen LogP) is 5.99. The molecule has 0 saturated carbocycles. The number of fused-ring (bicyclic) bond motifs is 1. The fraction of sp³-hybridized carbons (Fsp3) is 0.536. The van der Waals surface area contributed by atoms with Gasteiger partial charge in [-0.3, -0.25) is 4.79 Å². The summed E-state index contributed by atoms with van der Waals surface area (Å²) in [6, 6.07) is 9.06. The molecule has 0 unspecified atom stereocenters. The molecule has 0 amide bonds. The van der Waals surface area contributed by atoms with Gasteiger partial charge in [-0.15, -0.1) is 0 Å². The number of sulfone groups is 1. The zero-order valence-electron chi connectivity index (χ0n) is 21.8. The lowest BCUT2D eigenvalue weighted by Crippen LogP contribution is -2.38. The van der Waals surface area contributed by atoms with E-state index in [4.69, 9.17) is 0 Å². The summed E-state index contributed by atoms with van der Waals surface area (Å²) >= 11 is 0. The lowest BCUT2D eigenvalue weighted by Gasteiger charge is -2.37. The van der Waals surface area contributed by atoms with Crippen LogP contribution in [0, 0.1) is 18.2 Å². The van der Waals surface area contributed by atoms with E-state index in [0.29, 0.717) is 12.2 Å². The van der Waals surface area contributed by atoms with Gasteiger partial charge in [0.1, 0.15) is 11.9 Å². The molecule has 0 saturated heterocycles. The molecular formula is C28H39FN2O4S. The van der Waals surface area contributed by atoms with Crippen molar-refractivity contribution in [2.24, 2.45) is 5.41 Å². The molecule has 2 N–H and O–H groups in total. The molecule has 198 valence electrons. The normalized spacial score (nSPS) is 17.3. The molecule has 2 aromatic rings. The number of aliphatic carboxylic acids is 1. The van der Waals surface area contributed by atoms with E-state index in [1.165, 1.54) is 12.1 Å². The van der Waals surface area contributed by atoms with Crippen LogP contribution in [0.25, 0.3) is 0 Å². The minimum Gasteiger partial charge on any atom is -0.480 e. The third kappa shape index (κ3) is 6.45. The minimum atomic E-state index is -3.65. The molecule has 0 radical (unpaired) electrons. The smallest absolute Gasteiger partial charge is 0.320 e. The van der Waals surface area contributed by atoms with Crippen molar-refractivity contribution in [3.63, 3.8) is 0 Å². The Balaban J connectivity index is 2.17. The average Bonchev–Trinajstić information content (AvgIpc) is 2.92. The van der Waals surface area contributed by atoms with Crippen molar-refractivity contribution in [2.45, 2.75) is 83.7 Å². The highest BCUT2D eigenvalue weighted by atomic mass is 32.2. The van der Waals surface area contributed by atoms with E-state index in [2.05, 4.69) is 24.1 Å². The van der Waals surface area contributed by atoms with Crippen molar-refractivity contribution in [3.8, 4) is 0 Å². The highest BCUT2D eigenvalue weighted by molar-refractivity contribution is 7.91. The zero-order chi connectivity index (χ0) is 26.5. The SMILES string of the molecule is CCCCC1(CCCC)CN(c2ccc(F)cc2)c2cc(C)c(CN[C@@H](C)C(=O)O)cc2S(=O)(=O)C1. The first-order chi connectivity index (χ1) is 17.0. The Morgan fingerprint density at radius 1 is 1.14 bits per heavy atom. The zero-order valence-corrected chi connectivity index (χ0v) is 22.6. The van der Waals surface area contributed by atoms with Crippen LogP contribution >= 0.6 is 0 Å². The molecule has 2 aromatic carbocycles. The van der Waals surface area contributed by atoms with Gasteiger partial charge in [-0.25, -0.2) is 12.8 Å². The number of benzene rings is 2. The molecule has 3 rings (SSSR count). The van der Waals surface area contributed by atoms with E-state index in [9.17, 15) is 22.7 Å². The highest BCUT2D eigenvalue weighted by Crippen LogP contribution is 2.45. The first kappa shape index (κ1) is 28.1.